The molecule has 0 saturated carbocycles. The lowest BCUT2D eigenvalue weighted by molar-refractivity contribution is 0.0351. The average molecular weight is 333 g/mol. The smallest absolute Gasteiger partial charge is 0.253 e. The first-order valence-corrected chi connectivity index (χ1v) is 7.05. The summed E-state index contributed by atoms with van der Waals surface area (Å²) in [4.78, 5) is 14.2. The van der Waals surface area contributed by atoms with Crippen molar-refractivity contribution in [3.8, 4) is 0 Å². The molecule has 1 aromatic carbocycles. The quantitative estimate of drug-likeness (QED) is 0.831. The molecule has 0 unspecified atom stereocenters. The Bertz CT molecular complexity index is 424. The van der Waals surface area contributed by atoms with Gasteiger partial charge in [0.2, 0.25) is 0 Å². The van der Waals surface area contributed by atoms with Crippen LogP contribution in [0.1, 0.15) is 23.2 Å². The zero-order valence-corrected chi connectivity index (χ0v) is 12.5. The summed E-state index contributed by atoms with van der Waals surface area (Å²) >= 11 is 9.31. The number of ether oxygens (including phenoxy) is 1. The monoisotopic (exact) mass is 331 g/mol. The van der Waals surface area contributed by atoms with Gasteiger partial charge in [-0.3, -0.25) is 4.79 Å². The van der Waals surface area contributed by atoms with E-state index in [4.69, 9.17) is 16.3 Å². The Morgan fingerprint density at radius 3 is 2.61 bits per heavy atom. The molecule has 1 aliphatic heterocycles. The molecule has 0 spiro atoms. The molecular formula is C13H15BrClNO2. The summed E-state index contributed by atoms with van der Waals surface area (Å²) in [5.74, 6) is 0.0350. The van der Waals surface area contributed by atoms with Crippen LogP contribution < -0.4 is 0 Å². The molecule has 0 radical (unpaired) electrons. The number of methoxy groups -OCH3 is 1. The lowest BCUT2D eigenvalue weighted by Crippen LogP contribution is -2.40. The predicted molar refractivity (Wildman–Crippen MR) is 75.1 cm³/mol. The summed E-state index contributed by atoms with van der Waals surface area (Å²) in [6.45, 7) is 1.48. The van der Waals surface area contributed by atoms with Crippen molar-refractivity contribution in [3.63, 3.8) is 0 Å². The van der Waals surface area contributed by atoms with Crippen LogP contribution in [0.3, 0.4) is 0 Å². The number of amides is 1. The van der Waals surface area contributed by atoms with E-state index >= 15 is 0 Å². The lowest BCUT2D eigenvalue weighted by atomic mass is 10.1. The van der Waals surface area contributed by atoms with Gasteiger partial charge < -0.3 is 9.64 Å². The maximum absolute atomic E-state index is 12.3. The molecule has 1 saturated heterocycles. The van der Waals surface area contributed by atoms with E-state index in [1.54, 1.807) is 25.3 Å². The van der Waals surface area contributed by atoms with Crippen LogP contribution in [0.15, 0.2) is 22.7 Å². The lowest BCUT2D eigenvalue weighted by Gasteiger charge is -2.31. The molecule has 1 aliphatic rings. The maximum atomic E-state index is 12.3. The first-order valence-electron chi connectivity index (χ1n) is 5.88. The van der Waals surface area contributed by atoms with Crippen molar-refractivity contribution in [3.05, 3.63) is 33.3 Å². The summed E-state index contributed by atoms with van der Waals surface area (Å²) in [5, 5.41) is 0.569. The number of piperidine rings is 1. The van der Waals surface area contributed by atoms with Gasteiger partial charge in [-0.25, -0.2) is 0 Å². The summed E-state index contributed by atoms with van der Waals surface area (Å²) in [6, 6.07) is 5.28. The predicted octanol–water partition coefficient (Wildman–Crippen LogP) is 3.35. The third-order valence-corrected chi connectivity index (χ3v) is 3.85. The number of hydrogen-bond acceptors (Lipinski definition) is 2. The third-order valence-electron chi connectivity index (χ3n) is 3.17. The van der Waals surface area contributed by atoms with E-state index in [0.29, 0.717) is 10.6 Å². The molecule has 5 heteroatoms. The number of likely N-dealkylation sites (tertiary alicyclic amines) is 1. The standard InChI is InChI=1S/C13H15BrClNO2/c1-18-12-2-4-16(5-3-12)13(17)9-6-10(14)8-11(15)7-9/h6-8,12H,2-5H2,1H3. The van der Waals surface area contributed by atoms with Gasteiger partial charge >= 0.3 is 0 Å². The second-order valence-corrected chi connectivity index (χ2v) is 5.74. The number of carbonyl (C=O) groups is 1. The molecule has 2 rings (SSSR count). The Hall–Kier alpha value is -0.580. The van der Waals surface area contributed by atoms with Gasteiger partial charge in [0, 0.05) is 35.3 Å². The summed E-state index contributed by atoms with van der Waals surface area (Å²) in [7, 11) is 1.72. The van der Waals surface area contributed by atoms with Crippen molar-refractivity contribution in [2.24, 2.45) is 0 Å². The van der Waals surface area contributed by atoms with Crippen molar-refractivity contribution >= 4 is 33.4 Å². The van der Waals surface area contributed by atoms with Crippen LogP contribution in [0.5, 0.6) is 0 Å². The molecule has 1 fully saturated rings. The zero-order chi connectivity index (χ0) is 13.1. The fourth-order valence-corrected chi connectivity index (χ4v) is 3.01. The highest BCUT2D eigenvalue weighted by Gasteiger charge is 2.23. The van der Waals surface area contributed by atoms with E-state index in [-0.39, 0.29) is 12.0 Å². The largest absolute Gasteiger partial charge is 0.381 e. The molecule has 18 heavy (non-hydrogen) atoms. The molecule has 0 atom stereocenters. The second kappa shape index (κ2) is 6.04. The molecule has 0 aromatic heterocycles. The molecule has 0 aliphatic carbocycles. The van der Waals surface area contributed by atoms with Gasteiger partial charge in [0.1, 0.15) is 0 Å². The molecular weight excluding hydrogens is 318 g/mol. The van der Waals surface area contributed by atoms with Crippen LogP contribution in [0.25, 0.3) is 0 Å². The number of hydrogen-bond donors (Lipinski definition) is 0. The molecule has 98 valence electrons. The number of halogens is 2. The van der Waals surface area contributed by atoms with Crippen LogP contribution >= 0.6 is 27.5 Å². The van der Waals surface area contributed by atoms with Gasteiger partial charge in [-0.2, -0.15) is 0 Å². The van der Waals surface area contributed by atoms with E-state index in [1.807, 2.05) is 4.90 Å². The van der Waals surface area contributed by atoms with Crippen LogP contribution in [-0.4, -0.2) is 37.1 Å². The minimum atomic E-state index is 0.0350. The molecule has 1 aromatic rings. The zero-order valence-electron chi connectivity index (χ0n) is 10.2. The molecule has 1 amide bonds. The number of nitrogens with zero attached hydrogens (tertiary/aromatic N) is 1. The second-order valence-electron chi connectivity index (χ2n) is 4.39. The first-order chi connectivity index (χ1) is 8.60. The Balaban J connectivity index is 2.07. The molecule has 0 N–H and O–H groups in total. The van der Waals surface area contributed by atoms with Crippen molar-refractivity contribution in [1.82, 2.24) is 4.90 Å². The molecule has 3 nitrogen and oxygen atoms in total. The summed E-state index contributed by atoms with van der Waals surface area (Å²) in [6.07, 6.45) is 2.06. The first kappa shape index (κ1) is 13.8. The fraction of sp³-hybridized carbons (Fsp3) is 0.462. The van der Waals surface area contributed by atoms with Crippen LogP contribution in [-0.2, 0) is 4.74 Å². The third kappa shape index (κ3) is 3.25. The highest BCUT2D eigenvalue weighted by molar-refractivity contribution is 9.10. The fourth-order valence-electron chi connectivity index (χ4n) is 2.15. The van der Waals surface area contributed by atoms with Crippen molar-refractivity contribution in [2.75, 3.05) is 20.2 Å². The maximum Gasteiger partial charge on any atom is 0.253 e. The van der Waals surface area contributed by atoms with Crippen LogP contribution in [0, 0.1) is 0 Å². The summed E-state index contributed by atoms with van der Waals surface area (Å²) in [5.41, 5.74) is 0.630. The minimum Gasteiger partial charge on any atom is -0.381 e. The Labute approximate surface area is 120 Å². The van der Waals surface area contributed by atoms with Crippen molar-refractivity contribution in [2.45, 2.75) is 18.9 Å². The Morgan fingerprint density at radius 1 is 1.39 bits per heavy atom. The van der Waals surface area contributed by atoms with Gasteiger partial charge in [-0.15, -0.1) is 0 Å². The Morgan fingerprint density at radius 2 is 2.06 bits per heavy atom. The Kier molecular flexibility index (Phi) is 4.65. The van der Waals surface area contributed by atoms with Gasteiger partial charge in [0.15, 0.2) is 0 Å². The van der Waals surface area contributed by atoms with E-state index in [9.17, 15) is 4.79 Å². The van der Waals surface area contributed by atoms with E-state index in [2.05, 4.69) is 15.9 Å². The topological polar surface area (TPSA) is 29.5 Å². The SMILES string of the molecule is COC1CCN(C(=O)c2cc(Cl)cc(Br)c2)CC1. The minimum absolute atomic E-state index is 0.0350. The van der Waals surface area contributed by atoms with E-state index in [1.165, 1.54) is 0 Å². The van der Waals surface area contributed by atoms with Gasteiger partial charge in [-0.05, 0) is 31.0 Å². The normalized spacial score (nSPS) is 16.9. The van der Waals surface area contributed by atoms with Gasteiger partial charge in [-0.1, -0.05) is 27.5 Å². The van der Waals surface area contributed by atoms with Crippen molar-refractivity contribution in [1.29, 1.82) is 0 Å². The number of carbonyl (C=O) groups excluding carboxylic acids is 1. The summed E-state index contributed by atoms with van der Waals surface area (Å²) < 4.78 is 6.12. The van der Waals surface area contributed by atoms with E-state index in [0.717, 1.165) is 30.4 Å². The van der Waals surface area contributed by atoms with E-state index < -0.39 is 0 Å². The highest BCUT2D eigenvalue weighted by atomic mass is 79.9. The van der Waals surface area contributed by atoms with Crippen LogP contribution in [0.4, 0.5) is 0 Å². The average Bonchev–Trinajstić information content (AvgIpc) is 2.37. The van der Waals surface area contributed by atoms with Gasteiger partial charge in [0.05, 0.1) is 6.10 Å². The van der Waals surface area contributed by atoms with Gasteiger partial charge in [0.25, 0.3) is 5.91 Å². The number of rotatable bonds is 2. The van der Waals surface area contributed by atoms with Crippen LogP contribution in [0.2, 0.25) is 5.02 Å². The molecule has 1 heterocycles. The number of benzene rings is 1. The molecule has 0 bridgehead atoms. The highest BCUT2D eigenvalue weighted by Crippen LogP contribution is 2.22. The van der Waals surface area contributed by atoms with Crippen molar-refractivity contribution < 1.29 is 9.53 Å².